The van der Waals surface area contributed by atoms with Gasteiger partial charge in [0.15, 0.2) is 0 Å². The Morgan fingerprint density at radius 2 is 2.24 bits per heavy atom. The van der Waals surface area contributed by atoms with Crippen molar-refractivity contribution in [1.29, 1.82) is 0 Å². The smallest absolute Gasteiger partial charge is 0.288 e. The number of hydrogen-bond donors (Lipinski definition) is 2. The number of amides is 1. The fourth-order valence-electron chi connectivity index (χ4n) is 2.02. The van der Waals surface area contributed by atoms with Gasteiger partial charge in [-0.3, -0.25) is 14.9 Å². The molecule has 116 valence electrons. The Hall–Kier alpha value is -2.18. The van der Waals surface area contributed by atoms with Gasteiger partial charge in [-0.15, -0.1) is 0 Å². The first-order valence-electron chi connectivity index (χ1n) is 7.17. The average Bonchev–Trinajstić information content (AvgIpc) is 2.47. The van der Waals surface area contributed by atoms with Crippen LogP contribution in [0.25, 0.3) is 0 Å². The maximum atomic E-state index is 12.1. The first-order chi connectivity index (χ1) is 9.99. The molecule has 1 aromatic rings. The number of nitrogen functional groups attached to an aromatic ring is 1. The van der Waals surface area contributed by atoms with Crippen molar-refractivity contribution < 1.29 is 9.72 Å². The monoisotopic (exact) mass is 294 g/mol. The third-order valence-corrected chi connectivity index (χ3v) is 3.45. The molecular formula is C14H22N4O3. The summed E-state index contributed by atoms with van der Waals surface area (Å²) in [6.07, 6.45) is 5.31. The Balaban J connectivity index is 2.70. The van der Waals surface area contributed by atoms with Crippen molar-refractivity contribution in [2.24, 2.45) is 5.92 Å². The summed E-state index contributed by atoms with van der Waals surface area (Å²) >= 11 is 0. The van der Waals surface area contributed by atoms with E-state index in [0.29, 0.717) is 12.5 Å². The van der Waals surface area contributed by atoms with Gasteiger partial charge in [-0.2, -0.15) is 0 Å². The highest BCUT2D eigenvalue weighted by molar-refractivity contribution is 5.98. The Morgan fingerprint density at radius 1 is 1.52 bits per heavy atom. The lowest BCUT2D eigenvalue weighted by Gasteiger charge is -2.15. The van der Waals surface area contributed by atoms with Gasteiger partial charge in [0.2, 0.25) is 0 Å². The van der Waals surface area contributed by atoms with Crippen LogP contribution in [-0.2, 0) is 0 Å². The van der Waals surface area contributed by atoms with E-state index < -0.39 is 10.8 Å². The van der Waals surface area contributed by atoms with Crippen LogP contribution in [0.2, 0.25) is 0 Å². The molecule has 0 bridgehead atoms. The summed E-state index contributed by atoms with van der Waals surface area (Å²) < 4.78 is 0. The van der Waals surface area contributed by atoms with Crippen LogP contribution in [0, 0.1) is 16.0 Å². The summed E-state index contributed by atoms with van der Waals surface area (Å²) in [6.45, 7) is 4.74. The minimum absolute atomic E-state index is 0.000272. The fraction of sp³-hybridized carbons (Fsp3) is 0.571. The number of anilines is 1. The number of aromatic nitrogens is 1. The summed E-state index contributed by atoms with van der Waals surface area (Å²) in [7, 11) is 0. The third kappa shape index (κ3) is 5.02. The number of nitrogens with two attached hydrogens (primary N) is 1. The average molecular weight is 294 g/mol. The van der Waals surface area contributed by atoms with E-state index in [1.54, 1.807) is 0 Å². The zero-order chi connectivity index (χ0) is 15.8. The molecule has 1 rings (SSSR count). The van der Waals surface area contributed by atoms with Crippen molar-refractivity contribution in [1.82, 2.24) is 10.3 Å². The minimum atomic E-state index is -0.598. The van der Waals surface area contributed by atoms with Crippen LogP contribution in [-0.4, -0.2) is 22.4 Å². The summed E-state index contributed by atoms with van der Waals surface area (Å²) in [6, 6.07) is 1.16. The second-order valence-corrected chi connectivity index (χ2v) is 5.01. The number of hydrogen-bond acceptors (Lipinski definition) is 5. The van der Waals surface area contributed by atoms with Crippen LogP contribution in [0.5, 0.6) is 0 Å². The molecule has 1 amide bonds. The van der Waals surface area contributed by atoms with E-state index in [-0.39, 0.29) is 17.1 Å². The topological polar surface area (TPSA) is 111 Å². The van der Waals surface area contributed by atoms with Crippen LogP contribution in [0.1, 0.15) is 49.9 Å². The van der Waals surface area contributed by atoms with E-state index in [2.05, 4.69) is 24.1 Å². The van der Waals surface area contributed by atoms with Gasteiger partial charge in [-0.1, -0.05) is 33.1 Å². The molecule has 0 saturated heterocycles. The molecule has 0 radical (unpaired) electrons. The molecule has 0 saturated carbocycles. The molecule has 21 heavy (non-hydrogen) atoms. The van der Waals surface area contributed by atoms with Crippen molar-refractivity contribution in [2.75, 3.05) is 12.3 Å². The summed E-state index contributed by atoms with van der Waals surface area (Å²) in [5.74, 6) is -0.0138. The van der Waals surface area contributed by atoms with Gasteiger partial charge < -0.3 is 11.1 Å². The van der Waals surface area contributed by atoms with E-state index in [9.17, 15) is 14.9 Å². The molecule has 0 aliphatic heterocycles. The van der Waals surface area contributed by atoms with Gasteiger partial charge in [0, 0.05) is 12.6 Å². The molecule has 0 aliphatic carbocycles. The number of carbonyl (C=O) groups excluding carboxylic acids is 1. The Morgan fingerprint density at radius 3 is 2.81 bits per heavy atom. The van der Waals surface area contributed by atoms with E-state index >= 15 is 0 Å². The number of nitrogens with zero attached hydrogens (tertiary/aromatic N) is 2. The van der Waals surface area contributed by atoms with Gasteiger partial charge in [-0.25, -0.2) is 4.98 Å². The van der Waals surface area contributed by atoms with Gasteiger partial charge in [0.25, 0.3) is 11.6 Å². The Labute approximate surface area is 124 Å². The molecule has 1 heterocycles. The highest BCUT2D eigenvalue weighted by Gasteiger charge is 2.17. The van der Waals surface area contributed by atoms with Crippen molar-refractivity contribution >= 4 is 17.4 Å². The largest absolute Gasteiger partial charge is 0.383 e. The molecule has 0 aromatic carbocycles. The second-order valence-electron chi connectivity index (χ2n) is 5.01. The SMILES string of the molecule is CCCCC(CC)CNC(=O)c1cc([N+](=O)[O-])cnc1N. The molecular weight excluding hydrogens is 272 g/mol. The summed E-state index contributed by atoms with van der Waals surface area (Å²) in [5, 5.41) is 13.5. The van der Waals surface area contributed by atoms with Gasteiger partial charge in [-0.05, 0) is 12.3 Å². The van der Waals surface area contributed by atoms with E-state index in [0.717, 1.165) is 37.9 Å². The first-order valence-corrected chi connectivity index (χ1v) is 7.17. The third-order valence-electron chi connectivity index (χ3n) is 3.45. The number of pyridine rings is 1. The minimum Gasteiger partial charge on any atom is -0.383 e. The van der Waals surface area contributed by atoms with Crippen LogP contribution in [0.15, 0.2) is 12.3 Å². The molecule has 1 aromatic heterocycles. The zero-order valence-electron chi connectivity index (χ0n) is 12.5. The number of nitrogens with one attached hydrogen (secondary N) is 1. The maximum Gasteiger partial charge on any atom is 0.288 e. The van der Waals surface area contributed by atoms with Crippen molar-refractivity contribution in [3.63, 3.8) is 0 Å². The molecule has 0 fully saturated rings. The highest BCUT2D eigenvalue weighted by atomic mass is 16.6. The van der Waals surface area contributed by atoms with Crippen LogP contribution in [0.3, 0.4) is 0 Å². The Kier molecular flexibility index (Phi) is 6.58. The quantitative estimate of drug-likeness (QED) is 0.565. The van der Waals surface area contributed by atoms with Crippen molar-refractivity contribution in [3.8, 4) is 0 Å². The molecule has 7 heteroatoms. The number of unbranched alkanes of at least 4 members (excludes halogenated alkanes) is 1. The summed E-state index contributed by atoms with van der Waals surface area (Å²) in [4.78, 5) is 25.9. The lowest BCUT2D eigenvalue weighted by atomic mass is 9.99. The van der Waals surface area contributed by atoms with Gasteiger partial charge in [0.1, 0.15) is 12.0 Å². The molecule has 0 spiro atoms. The van der Waals surface area contributed by atoms with E-state index in [4.69, 9.17) is 5.73 Å². The zero-order valence-corrected chi connectivity index (χ0v) is 12.5. The Bertz CT molecular complexity index is 505. The number of rotatable bonds is 8. The standard InChI is InChI=1S/C14H22N4O3/c1-3-5-6-10(4-2)8-17-14(19)12-7-11(18(20)21)9-16-13(12)15/h7,9-10H,3-6,8H2,1-2H3,(H2,15,16)(H,17,19). The highest BCUT2D eigenvalue weighted by Crippen LogP contribution is 2.17. The number of carbonyl (C=O) groups is 1. The predicted octanol–water partition coefficient (Wildman–Crippen LogP) is 2.52. The van der Waals surface area contributed by atoms with E-state index in [1.165, 1.54) is 0 Å². The van der Waals surface area contributed by atoms with Crippen LogP contribution < -0.4 is 11.1 Å². The maximum absolute atomic E-state index is 12.1. The van der Waals surface area contributed by atoms with Gasteiger partial charge >= 0.3 is 0 Å². The van der Waals surface area contributed by atoms with Crippen LogP contribution >= 0.6 is 0 Å². The van der Waals surface area contributed by atoms with Crippen LogP contribution in [0.4, 0.5) is 11.5 Å². The predicted molar refractivity (Wildman–Crippen MR) is 80.9 cm³/mol. The second kappa shape index (κ2) is 8.18. The number of nitro groups is 1. The van der Waals surface area contributed by atoms with Crippen molar-refractivity contribution in [3.05, 3.63) is 27.9 Å². The fourth-order valence-corrected chi connectivity index (χ4v) is 2.02. The summed E-state index contributed by atoms with van der Waals surface area (Å²) in [5.41, 5.74) is 5.42. The molecule has 1 unspecified atom stereocenters. The lowest BCUT2D eigenvalue weighted by Crippen LogP contribution is -2.30. The van der Waals surface area contributed by atoms with E-state index in [1.807, 2.05) is 0 Å². The van der Waals surface area contributed by atoms with Crippen molar-refractivity contribution in [2.45, 2.75) is 39.5 Å². The molecule has 3 N–H and O–H groups in total. The normalized spacial score (nSPS) is 11.9. The first kappa shape index (κ1) is 16.9. The lowest BCUT2D eigenvalue weighted by molar-refractivity contribution is -0.385. The molecule has 7 nitrogen and oxygen atoms in total. The van der Waals surface area contributed by atoms with Gasteiger partial charge in [0.05, 0.1) is 10.5 Å². The molecule has 1 atom stereocenters. The molecule has 0 aliphatic rings.